The highest BCUT2D eigenvalue weighted by Crippen LogP contribution is 2.43. The number of rotatable bonds is 7. The van der Waals surface area contributed by atoms with Gasteiger partial charge in [0.15, 0.2) is 0 Å². The zero-order valence-electron chi connectivity index (χ0n) is 20.8. The molecule has 0 atom stereocenters. The summed E-state index contributed by atoms with van der Waals surface area (Å²) in [7, 11) is -2.36. The Hall–Kier alpha value is -4.69. The molecule has 198 valence electrons. The predicted molar refractivity (Wildman–Crippen MR) is 138 cm³/mol. The fraction of sp³-hybridized carbons (Fsp3) is 0.167. The van der Waals surface area contributed by atoms with E-state index in [9.17, 15) is 22.6 Å². The third-order valence-corrected chi connectivity index (χ3v) is 6.27. The number of ether oxygens (including phenoxy) is 2. The van der Waals surface area contributed by atoms with Crippen LogP contribution in [0, 0.1) is 13.8 Å². The van der Waals surface area contributed by atoms with Crippen LogP contribution in [0.15, 0.2) is 67.8 Å². The molecule has 0 aliphatic carbocycles. The van der Waals surface area contributed by atoms with Gasteiger partial charge in [0, 0.05) is 0 Å². The smallest absolute Gasteiger partial charge is 0.337 e. The first kappa shape index (κ1) is 27.9. The number of nitrogens with two attached hydrogens (primary N) is 2. The van der Waals surface area contributed by atoms with Crippen LogP contribution in [0.25, 0.3) is 0 Å². The maximum Gasteiger partial charge on any atom is 0.337 e. The summed E-state index contributed by atoms with van der Waals surface area (Å²) in [5.74, 6) is -1.18. The van der Waals surface area contributed by atoms with Crippen LogP contribution in [0.4, 0.5) is 34.1 Å². The van der Waals surface area contributed by atoms with Crippen molar-refractivity contribution in [1.82, 2.24) is 0 Å². The van der Waals surface area contributed by atoms with Gasteiger partial charge in [-0.15, -0.1) is 10.2 Å². The molecule has 0 spiro atoms. The minimum Gasteiger partial charge on any atom is -0.465 e. The summed E-state index contributed by atoms with van der Waals surface area (Å²) in [4.78, 5) is 23.0. The fourth-order valence-electron chi connectivity index (χ4n) is 3.20. The van der Waals surface area contributed by atoms with E-state index in [0.717, 1.165) is 6.07 Å². The number of esters is 2. The molecule has 0 saturated heterocycles. The predicted octanol–water partition coefficient (Wildman–Crippen LogP) is 5.12. The van der Waals surface area contributed by atoms with Crippen molar-refractivity contribution in [2.75, 3.05) is 25.7 Å². The average molecular weight is 541 g/mol. The molecule has 0 amide bonds. The second-order valence-corrected chi connectivity index (χ2v) is 9.32. The third kappa shape index (κ3) is 5.99. The molecule has 0 aliphatic heterocycles. The number of methoxy groups -OCH3 is 2. The highest BCUT2D eigenvalue weighted by molar-refractivity contribution is 7.86. The second kappa shape index (κ2) is 11.1. The van der Waals surface area contributed by atoms with Gasteiger partial charge in [-0.05, 0) is 55.3 Å². The van der Waals surface area contributed by atoms with E-state index >= 15 is 0 Å². The number of nitrogen functional groups attached to an aromatic ring is 2. The summed E-state index contributed by atoms with van der Waals surface area (Å²) in [6, 6.07) is 10.1. The Morgan fingerprint density at radius 1 is 0.737 bits per heavy atom. The molecule has 0 heterocycles. The Bertz CT molecular complexity index is 1600. The van der Waals surface area contributed by atoms with Crippen LogP contribution in [-0.4, -0.2) is 39.1 Å². The van der Waals surface area contributed by atoms with E-state index in [-0.39, 0.29) is 39.6 Å². The van der Waals surface area contributed by atoms with E-state index in [1.165, 1.54) is 32.4 Å². The monoisotopic (exact) mass is 540 g/mol. The number of anilines is 2. The van der Waals surface area contributed by atoms with Gasteiger partial charge < -0.3 is 20.9 Å². The van der Waals surface area contributed by atoms with E-state index in [1.54, 1.807) is 32.0 Å². The molecule has 0 fully saturated rings. The van der Waals surface area contributed by atoms with Crippen molar-refractivity contribution in [3.63, 3.8) is 0 Å². The van der Waals surface area contributed by atoms with Gasteiger partial charge in [0.1, 0.15) is 16.3 Å². The van der Waals surface area contributed by atoms with Crippen LogP contribution < -0.4 is 11.5 Å². The number of azo groups is 2. The lowest BCUT2D eigenvalue weighted by Gasteiger charge is -2.11. The summed E-state index contributed by atoms with van der Waals surface area (Å²) in [5.41, 5.74) is 13.2. The van der Waals surface area contributed by atoms with E-state index in [1.807, 2.05) is 0 Å². The first-order valence-electron chi connectivity index (χ1n) is 10.8. The van der Waals surface area contributed by atoms with Crippen molar-refractivity contribution < 1.29 is 32.0 Å². The highest BCUT2D eigenvalue weighted by Gasteiger charge is 2.22. The zero-order valence-corrected chi connectivity index (χ0v) is 21.6. The molecule has 0 bridgehead atoms. The number of carbonyl (C=O) groups is 2. The normalized spacial score (nSPS) is 11.7. The highest BCUT2D eigenvalue weighted by atomic mass is 32.2. The second-order valence-electron chi connectivity index (χ2n) is 7.93. The third-order valence-electron chi connectivity index (χ3n) is 5.38. The Morgan fingerprint density at radius 2 is 1.18 bits per heavy atom. The molecule has 0 saturated carbocycles. The Balaban J connectivity index is 2.15. The maximum atomic E-state index is 12.0. The van der Waals surface area contributed by atoms with Gasteiger partial charge in [-0.3, -0.25) is 4.55 Å². The largest absolute Gasteiger partial charge is 0.465 e. The quantitative estimate of drug-likeness (QED) is 0.157. The standard InChI is InChI=1S/C24H24N6O7S/c1-12-5-7-14(23(31)36-3)9-16(12)27-29-18-11-19(38(33,34)35)21(26)22(20(18)25)30-28-17-10-15(24(32)37-4)8-6-13(17)2/h5-11H,25-26H2,1-4H3,(H,33,34,35). The Morgan fingerprint density at radius 3 is 1.63 bits per heavy atom. The number of nitrogens with zero attached hydrogens (tertiary/aromatic N) is 4. The van der Waals surface area contributed by atoms with Crippen molar-refractivity contribution in [1.29, 1.82) is 0 Å². The van der Waals surface area contributed by atoms with Gasteiger partial charge in [0.05, 0.1) is 48.1 Å². The number of hydrogen-bond acceptors (Lipinski definition) is 12. The van der Waals surface area contributed by atoms with Crippen LogP contribution in [-0.2, 0) is 19.6 Å². The number of hydrogen-bond donors (Lipinski definition) is 3. The van der Waals surface area contributed by atoms with Crippen molar-refractivity contribution in [3.05, 3.63) is 64.7 Å². The molecule has 3 aromatic carbocycles. The number of carbonyl (C=O) groups excluding carboxylic acids is 2. The van der Waals surface area contributed by atoms with Gasteiger partial charge in [-0.25, -0.2) is 9.59 Å². The molecule has 0 radical (unpaired) electrons. The summed E-state index contributed by atoms with van der Waals surface area (Å²) >= 11 is 0. The minimum atomic E-state index is -4.83. The van der Waals surface area contributed by atoms with Crippen molar-refractivity contribution in [2.45, 2.75) is 18.7 Å². The minimum absolute atomic E-state index is 0.189. The van der Waals surface area contributed by atoms with Gasteiger partial charge in [-0.1, -0.05) is 12.1 Å². The molecule has 0 unspecified atom stereocenters. The van der Waals surface area contributed by atoms with Crippen LogP contribution in [0.2, 0.25) is 0 Å². The summed E-state index contributed by atoms with van der Waals surface area (Å²) in [6.45, 7) is 3.43. The molecule has 13 nitrogen and oxygen atoms in total. The lowest BCUT2D eigenvalue weighted by Crippen LogP contribution is -2.05. The molecule has 3 rings (SSSR count). The van der Waals surface area contributed by atoms with Crippen LogP contribution in [0.5, 0.6) is 0 Å². The van der Waals surface area contributed by atoms with Gasteiger partial charge in [0.25, 0.3) is 10.1 Å². The van der Waals surface area contributed by atoms with Crippen LogP contribution in [0.1, 0.15) is 31.8 Å². The lowest BCUT2D eigenvalue weighted by atomic mass is 10.1. The zero-order chi connectivity index (χ0) is 28.2. The summed E-state index contributed by atoms with van der Waals surface area (Å²) < 4.78 is 43.2. The molecule has 14 heteroatoms. The average Bonchev–Trinajstić information content (AvgIpc) is 2.88. The van der Waals surface area contributed by atoms with Crippen molar-refractivity contribution in [2.24, 2.45) is 20.5 Å². The molecular weight excluding hydrogens is 516 g/mol. The van der Waals surface area contributed by atoms with Gasteiger partial charge in [0.2, 0.25) is 0 Å². The molecular formula is C24H24N6O7S. The molecule has 0 aliphatic rings. The molecule has 0 aromatic heterocycles. The summed E-state index contributed by atoms with van der Waals surface area (Å²) in [5, 5.41) is 16.2. The lowest BCUT2D eigenvalue weighted by molar-refractivity contribution is 0.0592. The number of aryl methyl sites for hydroxylation is 2. The van der Waals surface area contributed by atoms with Crippen LogP contribution in [0.3, 0.4) is 0 Å². The molecule has 38 heavy (non-hydrogen) atoms. The fourth-order valence-corrected chi connectivity index (χ4v) is 3.84. The first-order chi connectivity index (χ1) is 17.9. The Labute approximate surface area is 217 Å². The van der Waals surface area contributed by atoms with E-state index < -0.39 is 32.6 Å². The topological polar surface area (TPSA) is 208 Å². The SMILES string of the molecule is COC(=O)c1ccc(C)c(N=Nc2cc(S(=O)(=O)O)c(N)c(N=Nc3cc(C(=O)OC)ccc3C)c2N)c1. The molecule has 5 N–H and O–H groups in total. The van der Waals surface area contributed by atoms with E-state index in [0.29, 0.717) is 11.1 Å². The van der Waals surface area contributed by atoms with Crippen molar-refractivity contribution >= 4 is 56.2 Å². The van der Waals surface area contributed by atoms with Crippen molar-refractivity contribution in [3.8, 4) is 0 Å². The van der Waals surface area contributed by atoms with E-state index in [2.05, 4.69) is 20.5 Å². The van der Waals surface area contributed by atoms with Gasteiger partial charge in [-0.2, -0.15) is 18.6 Å². The Kier molecular flexibility index (Phi) is 8.18. The number of benzene rings is 3. The van der Waals surface area contributed by atoms with Crippen LogP contribution >= 0.6 is 0 Å². The van der Waals surface area contributed by atoms with E-state index in [4.69, 9.17) is 20.9 Å². The first-order valence-corrected chi connectivity index (χ1v) is 12.2. The maximum absolute atomic E-state index is 12.0. The van der Waals surface area contributed by atoms with Gasteiger partial charge >= 0.3 is 11.9 Å². The molecule has 3 aromatic rings. The summed E-state index contributed by atoms with van der Waals surface area (Å²) in [6.07, 6.45) is 0.